The van der Waals surface area contributed by atoms with Crippen LogP contribution in [0.1, 0.15) is 55.6 Å². The number of hydrogen-bond acceptors (Lipinski definition) is 9. The lowest BCUT2D eigenvalue weighted by molar-refractivity contribution is 0.0973. The van der Waals surface area contributed by atoms with Crippen LogP contribution in [0.3, 0.4) is 0 Å². The maximum Gasteiger partial charge on any atom is 0.153 e. The Morgan fingerprint density at radius 2 is 2.09 bits per heavy atom. The molecular formula is C25H31ClN6O2S. The SMILES string of the molecule is Cc1nc(N2CCC3(CC2)CO[C@@H](C)[C@H]3N)c(CO)nc1Sc1ccnc(C2CC(C#N)C2)c1Cl. The van der Waals surface area contributed by atoms with Gasteiger partial charge in [-0.1, -0.05) is 23.4 Å². The highest BCUT2D eigenvalue weighted by Crippen LogP contribution is 2.46. The lowest BCUT2D eigenvalue weighted by Crippen LogP contribution is -2.51. The quantitative estimate of drug-likeness (QED) is 0.613. The summed E-state index contributed by atoms with van der Waals surface area (Å²) in [5.41, 5.74) is 8.70. The van der Waals surface area contributed by atoms with Crippen molar-refractivity contribution in [2.75, 3.05) is 24.6 Å². The fraction of sp³-hybridized carbons (Fsp3) is 0.600. The normalized spacial score (nSPS) is 27.6. The van der Waals surface area contributed by atoms with Crippen molar-refractivity contribution in [1.82, 2.24) is 15.0 Å². The molecule has 0 bridgehead atoms. The Balaban J connectivity index is 1.34. The molecule has 2 aromatic rings. The molecule has 0 amide bonds. The number of aryl methyl sites for hydroxylation is 1. The van der Waals surface area contributed by atoms with Gasteiger partial charge in [-0.05, 0) is 45.6 Å². The smallest absolute Gasteiger partial charge is 0.153 e. The third-order valence-electron chi connectivity index (χ3n) is 7.93. The molecule has 3 fully saturated rings. The fourth-order valence-corrected chi connectivity index (χ4v) is 6.74. The fourth-order valence-electron chi connectivity index (χ4n) is 5.47. The largest absolute Gasteiger partial charge is 0.390 e. The van der Waals surface area contributed by atoms with Crippen LogP contribution in [0.4, 0.5) is 5.82 Å². The number of aliphatic hydroxyl groups is 1. The minimum atomic E-state index is -0.190. The molecule has 2 saturated heterocycles. The van der Waals surface area contributed by atoms with Gasteiger partial charge in [-0.15, -0.1) is 0 Å². The molecule has 0 aromatic carbocycles. The lowest BCUT2D eigenvalue weighted by atomic mass is 9.73. The summed E-state index contributed by atoms with van der Waals surface area (Å²) in [6, 6.07) is 4.24. The molecule has 10 heteroatoms. The van der Waals surface area contributed by atoms with Crippen LogP contribution in [0.2, 0.25) is 5.02 Å². The van der Waals surface area contributed by atoms with Crippen LogP contribution in [-0.4, -0.2) is 51.9 Å². The number of aromatic nitrogens is 3. The third kappa shape index (κ3) is 4.51. The minimum absolute atomic E-state index is 0.0249. The van der Waals surface area contributed by atoms with Crippen LogP contribution < -0.4 is 10.6 Å². The first-order chi connectivity index (χ1) is 16.8. The maximum atomic E-state index is 10.1. The Labute approximate surface area is 215 Å². The van der Waals surface area contributed by atoms with Crippen LogP contribution in [0.5, 0.6) is 0 Å². The second-order valence-corrected chi connectivity index (χ2v) is 11.4. The van der Waals surface area contributed by atoms with Crippen molar-refractivity contribution in [3.05, 3.63) is 34.4 Å². The molecule has 5 rings (SSSR count). The molecule has 4 heterocycles. The summed E-state index contributed by atoms with van der Waals surface area (Å²) in [6.07, 6.45) is 5.31. The number of piperidine rings is 1. The van der Waals surface area contributed by atoms with E-state index in [1.165, 1.54) is 11.8 Å². The number of ether oxygens (including phenoxy) is 1. The highest BCUT2D eigenvalue weighted by molar-refractivity contribution is 7.99. The van der Waals surface area contributed by atoms with Crippen LogP contribution in [-0.2, 0) is 11.3 Å². The van der Waals surface area contributed by atoms with E-state index in [9.17, 15) is 5.11 Å². The second kappa shape index (κ2) is 9.83. The van der Waals surface area contributed by atoms with E-state index in [4.69, 9.17) is 37.3 Å². The number of pyridine rings is 1. The maximum absolute atomic E-state index is 10.1. The molecular weight excluding hydrogens is 484 g/mol. The molecule has 35 heavy (non-hydrogen) atoms. The van der Waals surface area contributed by atoms with Gasteiger partial charge in [0.15, 0.2) is 5.82 Å². The van der Waals surface area contributed by atoms with E-state index in [1.807, 2.05) is 19.9 Å². The molecule has 1 spiro atoms. The monoisotopic (exact) mass is 514 g/mol. The number of nitrogens with zero attached hydrogens (tertiary/aromatic N) is 5. The number of halogens is 1. The average Bonchev–Trinajstić information content (AvgIpc) is 3.10. The molecule has 1 saturated carbocycles. The van der Waals surface area contributed by atoms with E-state index in [0.29, 0.717) is 22.3 Å². The second-order valence-electron chi connectivity index (χ2n) is 10.0. The molecule has 0 unspecified atom stereocenters. The van der Waals surface area contributed by atoms with E-state index in [0.717, 1.165) is 60.9 Å². The molecule has 3 N–H and O–H groups in total. The van der Waals surface area contributed by atoms with E-state index in [-0.39, 0.29) is 36.0 Å². The summed E-state index contributed by atoms with van der Waals surface area (Å²) in [5.74, 6) is 1.05. The van der Waals surface area contributed by atoms with Crippen LogP contribution >= 0.6 is 23.4 Å². The molecule has 1 aliphatic carbocycles. The van der Waals surface area contributed by atoms with Gasteiger partial charge in [0.25, 0.3) is 0 Å². The molecule has 2 atom stereocenters. The van der Waals surface area contributed by atoms with E-state index >= 15 is 0 Å². The number of rotatable bonds is 5. The molecule has 0 radical (unpaired) electrons. The number of nitriles is 1. The van der Waals surface area contributed by atoms with Gasteiger partial charge in [-0.2, -0.15) is 5.26 Å². The predicted molar refractivity (Wildman–Crippen MR) is 134 cm³/mol. The number of aliphatic hydroxyl groups excluding tert-OH is 1. The summed E-state index contributed by atoms with van der Waals surface area (Å²) in [4.78, 5) is 17.2. The number of anilines is 1. The van der Waals surface area contributed by atoms with E-state index in [2.05, 4.69) is 16.0 Å². The third-order valence-corrected chi connectivity index (χ3v) is 9.58. The van der Waals surface area contributed by atoms with Crippen molar-refractivity contribution in [2.45, 2.75) is 74.1 Å². The Morgan fingerprint density at radius 3 is 2.71 bits per heavy atom. The summed E-state index contributed by atoms with van der Waals surface area (Å²) >= 11 is 8.17. The minimum Gasteiger partial charge on any atom is -0.390 e. The van der Waals surface area contributed by atoms with Crippen molar-refractivity contribution in [1.29, 1.82) is 5.26 Å². The van der Waals surface area contributed by atoms with Crippen molar-refractivity contribution < 1.29 is 9.84 Å². The van der Waals surface area contributed by atoms with Crippen molar-refractivity contribution >= 4 is 29.2 Å². The summed E-state index contributed by atoms with van der Waals surface area (Å²) in [7, 11) is 0. The van der Waals surface area contributed by atoms with E-state index < -0.39 is 0 Å². The zero-order valence-corrected chi connectivity index (χ0v) is 21.6. The highest BCUT2D eigenvalue weighted by atomic mass is 35.5. The van der Waals surface area contributed by atoms with Gasteiger partial charge in [0.05, 0.1) is 41.8 Å². The summed E-state index contributed by atoms with van der Waals surface area (Å²) in [5, 5.41) is 20.5. The first kappa shape index (κ1) is 24.7. The summed E-state index contributed by atoms with van der Waals surface area (Å²) < 4.78 is 5.85. The lowest BCUT2D eigenvalue weighted by Gasteiger charge is -2.42. The van der Waals surface area contributed by atoms with E-state index in [1.54, 1.807) is 6.20 Å². The van der Waals surface area contributed by atoms with Gasteiger partial charge in [0.1, 0.15) is 10.7 Å². The number of hydrogen-bond donors (Lipinski definition) is 2. The zero-order chi connectivity index (χ0) is 24.7. The van der Waals surface area contributed by atoms with Gasteiger partial charge in [-0.25, -0.2) is 9.97 Å². The molecule has 8 nitrogen and oxygen atoms in total. The predicted octanol–water partition coefficient (Wildman–Crippen LogP) is 3.83. The van der Waals surface area contributed by atoms with Gasteiger partial charge in [-0.3, -0.25) is 4.98 Å². The van der Waals surface area contributed by atoms with Crippen molar-refractivity contribution in [3.8, 4) is 6.07 Å². The summed E-state index contributed by atoms with van der Waals surface area (Å²) in [6.45, 7) is 6.12. The average molecular weight is 515 g/mol. The Hall–Kier alpha value is -1.96. The Bertz CT molecular complexity index is 1140. The number of nitrogens with two attached hydrogens (primary N) is 1. The molecule has 2 aliphatic heterocycles. The Morgan fingerprint density at radius 1 is 1.34 bits per heavy atom. The van der Waals surface area contributed by atoms with Crippen LogP contribution in [0, 0.1) is 29.6 Å². The van der Waals surface area contributed by atoms with Crippen LogP contribution in [0.15, 0.2) is 22.2 Å². The van der Waals surface area contributed by atoms with Crippen molar-refractivity contribution in [3.63, 3.8) is 0 Å². The standard InChI is InChI=1S/C25H31ClN6O2S/c1-14-24(35-19-3-6-29-21(20(19)26)17-9-16(10-17)11-27)31-18(12-33)23(30-14)32-7-4-25(5-8-32)13-34-15(2)22(25)28/h3,6,15-17,22,33H,4-5,7-10,12-13,28H2,1-2H3/t15-,16?,17?,22+/m0/s1. The van der Waals surface area contributed by atoms with Crippen LogP contribution in [0.25, 0.3) is 0 Å². The molecule has 186 valence electrons. The molecule has 3 aliphatic rings. The van der Waals surface area contributed by atoms with Gasteiger partial charge < -0.3 is 20.5 Å². The topological polar surface area (TPSA) is 121 Å². The molecule has 2 aromatic heterocycles. The zero-order valence-electron chi connectivity index (χ0n) is 20.1. The van der Waals surface area contributed by atoms with Gasteiger partial charge in [0.2, 0.25) is 0 Å². The van der Waals surface area contributed by atoms with Crippen molar-refractivity contribution in [2.24, 2.45) is 17.1 Å². The van der Waals surface area contributed by atoms with Gasteiger partial charge in [0, 0.05) is 47.5 Å². The first-order valence-corrected chi connectivity index (χ1v) is 13.4. The highest BCUT2D eigenvalue weighted by Gasteiger charge is 2.47. The Kier molecular flexibility index (Phi) is 6.94. The van der Waals surface area contributed by atoms with Gasteiger partial charge >= 0.3 is 0 Å². The first-order valence-electron chi connectivity index (χ1n) is 12.2.